The summed E-state index contributed by atoms with van der Waals surface area (Å²) in [6.45, 7) is 0. The van der Waals surface area contributed by atoms with Crippen molar-refractivity contribution in [2.75, 3.05) is 0 Å². The number of carboxylic acid groups (broad SMARTS) is 1. The molecule has 0 aromatic heterocycles. The molecule has 0 atom stereocenters. The lowest BCUT2D eigenvalue weighted by molar-refractivity contribution is -0.147. The second kappa shape index (κ2) is 3.17. The number of hydrogen-bond acceptors (Lipinski definition) is 2. The Bertz CT molecular complexity index is 371. The van der Waals surface area contributed by atoms with Gasteiger partial charge in [-0.3, -0.25) is 0 Å². The summed E-state index contributed by atoms with van der Waals surface area (Å²) in [5, 5.41) is 9.42. The van der Waals surface area contributed by atoms with Crippen molar-refractivity contribution in [3.8, 4) is 5.75 Å². The first-order valence-corrected chi connectivity index (χ1v) is 4.68. The molecular formula is C10H9ClO3. The van der Waals surface area contributed by atoms with E-state index >= 15 is 0 Å². The minimum absolute atomic E-state index is 0.511. The van der Waals surface area contributed by atoms with Gasteiger partial charge in [0.2, 0.25) is 5.60 Å². The summed E-state index contributed by atoms with van der Waals surface area (Å²) < 4.78 is 5.37. The fourth-order valence-electron chi connectivity index (χ4n) is 1.23. The molecule has 0 spiro atoms. The van der Waals surface area contributed by atoms with Gasteiger partial charge in [0.15, 0.2) is 0 Å². The fraction of sp³-hybridized carbons (Fsp3) is 0.300. The number of ether oxygens (including phenoxy) is 1. The average Bonchev–Trinajstić information content (AvgIpc) is 2.85. The Hall–Kier alpha value is -1.22. The number of aliphatic carboxylic acids is 1. The highest BCUT2D eigenvalue weighted by Crippen LogP contribution is 2.40. The van der Waals surface area contributed by atoms with Crippen LogP contribution in [0.5, 0.6) is 5.75 Å². The molecule has 1 aliphatic rings. The number of benzene rings is 1. The Labute approximate surface area is 86.3 Å². The first-order valence-electron chi connectivity index (χ1n) is 4.30. The van der Waals surface area contributed by atoms with Crippen LogP contribution < -0.4 is 4.74 Å². The van der Waals surface area contributed by atoms with Crippen molar-refractivity contribution in [2.24, 2.45) is 0 Å². The summed E-state index contributed by atoms with van der Waals surface area (Å²) in [4.78, 5) is 10.8. The Kier molecular flexibility index (Phi) is 2.11. The molecule has 3 nitrogen and oxygen atoms in total. The van der Waals surface area contributed by atoms with Crippen molar-refractivity contribution < 1.29 is 14.6 Å². The minimum atomic E-state index is -0.995. The van der Waals surface area contributed by atoms with Gasteiger partial charge in [-0.05, 0) is 18.2 Å². The Morgan fingerprint density at radius 3 is 2.71 bits per heavy atom. The van der Waals surface area contributed by atoms with E-state index in [4.69, 9.17) is 21.4 Å². The molecule has 1 aliphatic carbocycles. The maximum Gasteiger partial charge on any atom is 0.348 e. The lowest BCUT2D eigenvalue weighted by atomic mass is 10.3. The third-order valence-corrected chi connectivity index (χ3v) is 2.44. The summed E-state index contributed by atoms with van der Waals surface area (Å²) >= 11 is 5.75. The zero-order valence-corrected chi connectivity index (χ0v) is 8.12. The van der Waals surface area contributed by atoms with Gasteiger partial charge in [-0.1, -0.05) is 17.7 Å². The van der Waals surface area contributed by atoms with Crippen LogP contribution in [0.3, 0.4) is 0 Å². The molecule has 4 heteroatoms. The Balaban J connectivity index is 2.15. The van der Waals surface area contributed by atoms with Crippen LogP contribution in [0, 0.1) is 0 Å². The van der Waals surface area contributed by atoms with Gasteiger partial charge < -0.3 is 9.84 Å². The molecule has 0 saturated heterocycles. The van der Waals surface area contributed by atoms with Crippen LogP contribution in [0.2, 0.25) is 5.02 Å². The largest absolute Gasteiger partial charge is 0.478 e. The van der Waals surface area contributed by atoms with Crippen LogP contribution in [0.4, 0.5) is 0 Å². The van der Waals surface area contributed by atoms with E-state index in [1.165, 1.54) is 0 Å². The Morgan fingerprint density at radius 2 is 2.21 bits per heavy atom. The maximum atomic E-state index is 10.8. The van der Waals surface area contributed by atoms with Crippen LogP contribution in [0.15, 0.2) is 24.3 Å². The van der Waals surface area contributed by atoms with Crippen molar-refractivity contribution in [3.63, 3.8) is 0 Å². The minimum Gasteiger partial charge on any atom is -0.478 e. The lowest BCUT2D eigenvalue weighted by Crippen LogP contribution is -2.28. The first-order chi connectivity index (χ1) is 6.62. The van der Waals surface area contributed by atoms with Crippen LogP contribution in [0.1, 0.15) is 12.8 Å². The van der Waals surface area contributed by atoms with Crippen LogP contribution >= 0.6 is 11.6 Å². The van der Waals surface area contributed by atoms with Gasteiger partial charge in [0.1, 0.15) is 5.75 Å². The standard InChI is InChI=1S/C10H9ClO3/c11-7-2-1-3-8(6-7)14-10(4-5-10)9(12)13/h1-3,6H,4-5H2,(H,12,13). The molecule has 1 N–H and O–H groups in total. The first kappa shape index (κ1) is 9.34. The molecule has 14 heavy (non-hydrogen) atoms. The summed E-state index contributed by atoms with van der Waals surface area (Å²) in [7, 11) is 0. The quantitative estimate of drug-likeness (QED) is 0.837. The van der Waals surface area contributed by atoms with E-state index < -0.39 is 11.6 Å². The topological polar surface area (TPSA) is 46.5 Å². The molecule has 0 amide bonds. The van der Waals surface area contributed by atoms with Crippen molar-refractivity contribution in [2.45, 2.75) is 18.4 Å². The molecule has 1 aromatic carbocycles. The smallest absolute Gasteiger partial charge is 0.348 e. The van der Waals surface area contributed by atoms with E-state index in [-0.39, 0.29) is 0 Å². The summed E-state index contributed by atoms with van der Waals surface area (Å²) in [6.07, 6.45) is 1.13. The molecule has 0 heterocycles. The molecule has 74 valence electrons. The van der Waals surface area contributed by atoms with Gasteiger partial charge in [-0.25, -0.2) is 4.79 Å². The highest BCUT2D eigenvalue weighted by molar-refractivity contribution is 6.30. The lowest BCUT2D eigenvalue weighted by Gasteiger charge is -2.13. The van der Waals surface area contributed by atoms with Crippen LogP contribution in [-0.4, -0.2) is 16.7 Å². The summed E-state index contributed by atoms with van der Waals surface area (Å²) in [5.74, 6) is -0.394. The van der Waals surface area contributed by atoms with Crippen molar-refractivity contribution in [1.29, 1.82) is 0 Å². The second-order valence-electron chi connectivity index (χ2n) is 3.36. The number of rotatable bonds is 3. The van der Waals surface area contributed by atoms with Crippen LogP contribution in [0.25, 0.3) is 0 Å². The van der Waals surface area contributed by atoms with E-state index in [9.17, 15) is 4.79 Å². The molecule has 2 rings (SSSR count). The fourth-order valence-corrected chi connectivity index (χ4v) is 1.41. The van der Waals surface area contributed by atoms with Crippen molar-refractivity contribution >= 4 is 17.6 Å². The molecule has 0 radical (unpaired) electrons. The molecule has 1 saturated carbocycles. The van der Waals surface area contributed by atoms with E-state index in [1.807, 2.05) is 0 Å². The average molecular weight is 213 g/mol. The van der Waals surface area contributed by atoms with Gasteiger partial charge in [0.05, 0.1) is 0 Å². The zero-order valence-electron chi connectivity index (χ0n) is 7.37. The van der Waals surface area contributed by atoms with Crippen LogP contribution in [-0.2, 0) is 4.79 Å². The molecule has 1 fully saturated rings. The monoisotopic (exact) mass is 212 g/mol. The summed E-state index contributed by atoms with van der Waals surface area (Å²) in [5.41, 5.74) is -0.995. The summed E-state index contributed by atoms with van der Waals surface area (Å²) in [6, 6.07) is 6.77. The molecule has 0 unspecified atom stereocenters. The highest BCUT2D eigenvalue weighted by Gasteiger charge is 2.53. The maximum absolute atomic E-state index is 10.8. The van der Waals surface area contributed by atoms with Crippen molar-refractivity contribution in [1.82, 2.24) is 0 Å². The van der Waals surface area contributed by atoms with E-state index in [1.54, 1.807) is 24.3 Å². The van der Waals surface area contributed by atoms with Gasteiger partial charge >= 0.3 is 5.97 Å². The van der Waals surface area contributed by atoms with E-state index in [2.05, 4.69) is 0 Å². The SMILES string of the molecule is O=C(O)C1(Oc2cccc(Cl)c2)CC1. The number of carbonyl (C=O) groups is 1. The highest BCUT2D eigenvalue weighted by atomic mass is 35.5. The second-order valence-corrected chi connectivity index (χ2v) is 3.80. The predicted molar refractivity (Wildman–Crippen MR) is 51.7 cm³/mol. The van der Waals surface area contributed by atoms with Gasteiger partial charge in [0, 0.05) is 17.9 Å². The predicted octanol–water partition coefficient (Wildman–Crippen LogP) is 2.34. The number of hydrogen-bond donors (Lipinski definition) is 1. The van der Waals surface area contributed by atoms with E-state index in [0.29, 0.717) is 23.6 Å². The number of halogens is 1. The van der Waals surface area contributed by atoms with Gasteiger partial charge in [0.25, 0.3) is 0 Å². The molecular weight excluding hydrogens is 204 g/mol. The Morgan fingerprint density at radius 1 is 1.50 bits per heavy atom. The third-order valence-electron chi connectivity index (χ3n) is 2.20. The van der Waals surface area contributed by atoms with Gasteiger partial charge in [-0.15, -0.1) is 0 Å². The molecule has 1 aromatic rings. The third kappa shape index (κ3) is 1.68. The molecule has 0 bridgehead atoms. The van der Waals surface area contributed by atoms with Gasteiger partial charge in [-0.2, -0.15) is 0 Å². The molecule has 0 aliphatic heterocycles. The normalized spacial score (nSPS) is 17.5. The van der Waals surface area contributed by atoms with Crippen molar-refractivity contribution in [3.05, 3.63) is 29.3 Å². The van der Waals surface area contributed by atoms with E-state index in [0.717, 1.165) is 0 Å². The zero-order chi connectivity index (χ0) is 10.2. The number of carboxylic acids is 1.